The quantitative estimate of drug-likeness (QED) is 0.853. The van der Waals surface area contributed by atoms with Crippen molar-refractivity contribution >= 4 is 11.6 Å². The lowest BCUT2D eigenvalue weighted by Crippen LogP contribution is -2.39. The molecule has 1 atom stereocenters. The molecule has 0 aromatic carbocycles. The number of carbonyl (C=O) groups is 1. The lowest BCUT2D eigenvalue weighted by atomic mass is 10.2. The van der Waals surface area contributed by atoms with Crippen LogP contribution in [0.2, 0.25) is 0 Å². The molecule has 2 N–H and O–H groups in total. The molecule has 0 radical (unpaired) electrons. The summed E-state index contributed by atoms with van der Waals surface area (Å²) in [7, 11) is 0. The number of nitrogens with two attached hydrogens (primary N) is 1. The van der Waals surface area contributed by atoms with Gasteiger partial charge in [0.25, 0.3) is 5.91 Å². The first-order valence-electron chi connectivity index (χ1n) is 6.23. The van der Waals surface area contributed by atoms with Gasteiger partial charge in [0.15, 0.2) is 0 Å². The average Bonchev–Trinajstić information content (AvgIpc) is 3.05. The normalized spacial score (nSPS) is 19.6. The van der Waals surface area contributed by atoms with E-state index in [2.05, 4.69) is 4.98 Å². The summed E-state index contributed by atoms with van der Waals surface area (Å²) in [5.74, 6) is 0.0681. The van der Waals surface area contributed by atoms with Gasteiger partial charge in [0.2, 0.25) is 0 Å². The van der Waals surface area contributed by atoms with Crippen LogP contribution in [0.1, 0.15) is 23.2 Å². The number of imidazole rings is 1. The molecule has 0 saturated carbocycles. The van der Waals surface area contributed by atoms with Gasteiger partial charge in [-0.15, -0.1) is 0 Å². The summed E-state index contributed by atoms with van der Waals surface area (Å²) in [5.41, 5.74) is 7.25. The number of rotatable bonds is 2. The number of fused-ring (bicyclic) bond motifs is 1. The van der Waals surface area contributed by atoms with Crippen LogP contribution in [0.15, 0.2) is 30.7 Å². The van der Waals surface area contributed by atoms with E-state index in [1.54, 1.807) is 6.20 Å². The summed E-state index contributed by atoms with van der Waals surface area (Å²) >= 11 is 0. The summed E-state index contributed by atoms with van der Waals surface area (Å²) < 4.78 is 1.86. The summed E-state index contributed by atoms with van der Waals surface area (Å²) in [6, 6.07) is 3.88. The second-order valence-electron chi connectivity index (χ2n) is 4.64. The fraction of sp³-hybridized carbons (Fsp3) is 0.385. The Hall–Kier alpha value is -1.88. The van der Waals surface area contributed by atoms with Crippen molar-refractivity contribution in [1.82, 2.24) is 14.3 Å². The van der Waals surface area contributed by atoms with Crippen LogP contribution in [0, 0.1) is 0 Å². The van der Waals surface area contributed by atoms with Gasteiger partial charge in [-0.1, -0.05) is 0 Å². The number of aromatic nitrogens is 2. The molecule has 5 nitrogen and oxygen atoms in total. The predicted molar refractivity (Wildman–Crippen MR) is 68.3 cm³/mol. The Morgan fingerprint density at radius 3 is 3.22 bits per heavy atom. The summed E-state index contributed by atoms with van der Waals surface area (Å²) in [4.78, 5) is 18.5. The summed E-state index contributed by atoms with van der Waals surface area (Å²) in [6.45, 7) is 1.35. The number of hydrogen-bond donors (Lipinski definition) is 1. The molecule has 0 spiro atoms. The SMILES string of the molecule is NC[C@H]1CCCN1C(=O)c1ccc2nccn2c1. The van der Waals surface area contributed by atoms with Crippen LogP contribution in [0.25, 0.3) is 5.65 Å². The van der Waals surface area contributed by atoms with E-state index in [4.69, 9.17) is 5.73 Å². The second kappa shape index (κ2) is 4.42. The Morgan fingerprint density at radius 2 is 2.39 bits per heavy atom. The van der Waals surface area contributed by atoms with E-state index in [9.17, 15) is 4.79 Å². The highest BCUT2D eigenvalue weighted by Crippen LogP contribution is 2.19. The molecule has 1 aliphatic heterocycles. The van der Waals surface area contributed by atoms with Crippen LogP contribution < -0.4 is 5.73 Å². The third-order valence-corrected chi connectivity index (χ3v) is 3.55. The minimum absolute atomic E-state index is 0.0681. The van der Waals surface area contributed by atoms with Crippen molar-refractivity contribution in [2.75, 3.05) is 13.1 Å². The maximum absolute atomic E-state index is 12.4. The topological polar surface area (TPSA) is 63.6 Å². The maximum Gasteiger partial charge on any atom is 0.255 e. The number of hydrogen-bond acceptors (Lipinski definition) is 3. The molecular formula is C13H16N4O. The van der Waals surface area contributed by atoms with Crippen molar-refractivity contribution in [3.8, 4) is 0 Å². The highest BCUT2D eigenvalue weighted by atomic mass is 16.2. The molecule has 1 aliphatic rings. The Kier molecular flexibility index (Phi) is 2.76. The summed E-state index contributed by atoms with van der Waals surface area (Å²) in [5, 5.41) is 0. The van der Waals surface area contributed by atoms with Gasteiger partial charge in [-0.2, -0.15) is 0 Å². The third-order valence-electron chi connectivity index (χ3n) is 3.55. The van der Waals surface area contributed by atoms with Crippen molar-refractivity contribution in [3.63, 3.8) is 0 Å². The van der Waals surface area contributed by atoms with Crippen molar-refractivity contribution in [1.29, 1.82) is 0 Å². The minimum atomic E-state index is 0.0681. The second-order valence-corrected chi connectivity index (χ2v) is 4.64. The maximum atomic E-state index is 12.4. The van der Waals surface area contributed by atoms with Crippen LogP contribution in [-0.4, -0.2) is 39.3 Å². The van der Waals surface area contributed by atoms with Crippen LogP contribution >= 0.6 is 0 Å². The highest BCUT2D eigenvalue weighted by Gasteiger charge is 2.28. The smallest absolute Gasteiger partial charge is 0.255 e. The lowest BCUT2D eigenvalue weighted by Gasteiger charge is -2.23. The molecule has 3 heterocycles. The molecule has 18 heavy (non-hydrogen) atoms. The van der Waals surface area contributed by atoms with Gasteiger partial charge in [-0.3, -0.25) is 4.79 Å². The van der Waals surface area contributed by atoms with E-state index < -0.39 is 0 Å². The van der Waals surface area contributed by atoms with E-state index in [0.29, 0.717) is 12.1 Å². The van der Waals surface area contributed by atoms with Crippen LogP contribution in [-0.2, 0) is 0 Å². The van der Waals surface area contributed by atoms with Gasteiger partial charge < -0.3 is 15.0 Å². The van der Waals surface area contributed by atoms with Crippen molar-refractivity contribution in [2.24, 2.45) is 5.73 Å². The standard InChI is InChI=1S/C13H16N4O/c14-8-11-2-1-6-17(11)13(18)10-3-4-12-15-5-7-16(12)9-10/h3-5,7,9,11H,1-2,6,8,14H2/t11-/m1/s1. The molecule has 94 valence electrons. The minimum Gasteiger partial charge on any atom is -0.334 e. The van der Waals surface area contributed by atoms with Crippen LogP contribution in [0.4, 0.5) is 0 Å². The van der Waals surface area contributed by atoms with Gasteiger partial charge in [0.05, 0.1) is 5.56 Å². The van der Waals surface area contributed by atoms with E-state index >= 15 is 0 Å². The van der Waals surface area contributed by atoms with Crippen LogP contribution in [0.5, 0.6) is 0 Å². The monoisotopic (exact) mass is 244 g/mol. The van der Waals surface area contributed by atoms with Crippen molar-refractivity contribution < 1.29 is 4.79 Å². The van der Waals surface area contributed by atoms with Gasteiger partial charge in [0.1, 0.15) is 5.65 Å². The first-order chi connectivity index (χ1) is 8.79. The number of nitrogens with zero attached hydrogens (tertiary/aromatic N) is 3. The Bertz CT molecular complexity index is 577. The van der Waals surface area contributed by atoms with E-state index in [1.807, 2.05) is 33.8 Å². The lowest BCUT2D eigenvalue weighted by molar-refractivity contribution is 0.0740. The molecule has 1 fully saturated rings. The number of carbonyl (C=O) groups excluding carboxylic acids is 1. The molecule has 1 amide bonds. The first kappa shape index (κ1) is 11.2. The number of pyridine rings is 1. The Labute approximate surface area is 105 Å². The molecule has 0 aliphatic carbocycles. The molecule has 5 heteroatoms. The zero-order chi connectivity index (χ0) is 12.5. The Balaban J connectivity index is 1.91. The predicted octanol–water partition coefficient (Wildman–Crippen LogP) is 0.898. The molecule has 3 rings (SSSR count). The van der Waals surface area contributed by atoms with E-state index in [0.717, 1.165) is 25.0 Å². The fourth-order valence-corrected chi connectivity index (χ4v) is 2.56. The van der Waals surface area contributed by atoms with Crippen LogP contribution in [0.3, 0.4) is 0 Å². The van der Waals surface area contributed by atoms with E-state index in [1.165, 1.54) is 0 Å². The zero-order valence-corrected chi connectivity index (χ0v) is 10.1. The Morgan fingerprint density at radius 1 is 1.50 bits per heavy atom. The highest BCUT2D eigenvalue weighted by molar-refractivity contribution is 5.94. The average molecular weight is 244 g/mol. The summed E-state index contributed by atoms with van der Waals surface area (Å²) in [6.07, 6.45) is 7.45. The molecular weight excluding hydrogens is 228 g/mol. The number of likely N-dealkylation sites (tertiary alicyclic amines) is 1. The molecule has 0 unspecified atom stereocenters. The third kappa shape index (κ3) is 1.76. The molecule has 0 bridgehead atoms. The van der Waals surface area contributed by atoms with Crippen molar-refractivity contribution in [2.45, 2.75) is 18.9 Å². The van der Waals surface area contributed by atoms with E-state index in [-0.39, 0.29) is 11.9 Å². The number of amides is 1. The fourth-order valence-electron chi connectivity index (χ4n) is 2.56. The van der Waals surface area contributed by atoms with Gasteiger partial charge in [-0.05, 0) is 25.0 Å². The van der Waals surface area contributed by atoms with Crippen molar-refractivity contribution in [3.05, 3.63) is 36.3 Å². The van der Waals surface area contributed by atoms with Gasteiger partial charge >= 0.3 is 0 Å². The molecule has 2 aromatic heterocycles. The zero-order valence-electron chi connectivity index (χ0n) is 10.1. The molecule has 1 saturated heterocycles. The van der Waals surface area contributed by atoms with Gasteiger partial charge in [-0.25, -0.2) is 4.98 Å². The largest absolute Gasteiger partial charge is 0.334 e. The molecule has 2 aromatic rings. The first-order valence-corrected chi connectivity index (χ1v) is 6.23. The van der Waals surface area contributed by atoms with Gasteiger partial charge in [0, 0.05) is 37.7 Å².